The first-order valence-electron chi connectivity index (χ1n) is 8.32. The molecule has 26 heavy (non-hydrogen) atoms. The number of nitrogens with one attached hydrogen (secondary N) is 1. The second kappa shape index (κ2) is 7.77. The van der Waals surface area contributed by atoms with Gasteiger partial charge in [-0.1, -0.05) is 18.3 Å². The van der Waals surface area contributed by atoms with Crippen molar-refractivity contribution >= 4 is 32.4 Å². The minimum atomic E-state index is -3.87. The maximum Gasteiger partial charge on any atom is 0.244 e. The van der Waals surface area contributed by atoms with Crippen LogP contribution in [0.3, 0.4) is 0 Å². The van der Waals surface area contributed by atoms with Gasteiger partial charge in [-0.25, -0.2) is 12.8 Å². The smallest absolute Gasteiger partial charge is 0.244 e. The molecule has 1 saturated heterocycles. The van der Waals surface area contributed by atoms with Crippen LogP contribution in [-0.4, -0.2) is 41.4 Å². The molecule has 1 aromatic carbocycles. The van der Waals surface area contributed by atoms with Gasteiger partial charge in [-0.05, 0) is 43.5 Å². The predicted molar refractivity (Wildman–Crippen MR) is 95.8 cm³/mol. The molecule has 1 fully saturated rings. The van der Waals surface area contributed by atoms with E-state index < -0.39 is 27.8 Å². The SMILES string of the molecule is CCCc1nnc(NC(=O)[C@H]2CCCN2S(=O)(=O)c2ccc(F)cc2)s1. The van der Waals surface area contributed by atoms with Crippen LogP contribution in [0.2, 0.25) is 0 Å². The highest BCUT2D eigenvalue weighted by molar-refractivity contribution is 7.89. The Kier molecular flexibility index (Phi) is 5.64. The summed E-state index contributed by atoms with van der Waals surface area (Å²) in [6.07, 6.45) is 2.71. The number of aromatic nitrogens is 2. The lowest BCUT2D eigenvalue weighted by Crippen LogP contribution is -2.43. The number of aryl methyl sites for hydroxylation is 1. The molecule has 1 aliphatic heterocycles. The van der Waals surface area contributed by atoms with Crippen LogP contribution in [0.15, 0.2) is 29.2 Å². The van der Waals surface area contributed by atoms with Gasteiger partial charge in [0.05, 0.1) is 4.90 Å². The highest BCUT2D eigenvalue weighted by Gasteiger charge is 2.39. The first kappa shape index (κ1) is 18.9. The van der Waals surface area contributed by atoms with E-state index in [4.69, 9.17) is 0 Å². The van der Waals surface area contributed by atoms with E-state index in [1.807, 2.05) is 6.92 Å². The van der Waals surface area contributed by atoms with Gasteiger partial charge in [-0.15, -0.1) is 10.2 Å². The van der Waals surface area contributed by atoms with Gasteiger partial charge in [0.15, 0.2) is 0 Å². The molecule has 140 valence electrons. The number of sulfonamides is 1. The highest BCUT2D eigenvalue weighted by atomic mass is 32.2. The summed E-state index contributed by atoms with van der Waals surface area (Å²) >= 11 is 1.29. The molecule has 2 aromatic rings. The zero-order chi connectivity index (χ0) is 18.7. The Morgan fingerprint density at radius 1 is 1.35 bits per heavy atom. The lowest BCUT2D eigenvalue weighted by atomic mass is 10.2. The van der Waals surface area contributed by atoms with Crippen molar-refractivity contribution in [2.45, 2.75) is 43.5 Å². The Morgan fingerprint density at radius 2 is 2.08 bits per heavy atom. The summed E-state index contributed by atoms with van der Waals surface area (Å²) in [7, 11) is -3.87. The Bertz CT molecular complexity index is 883. The molecule has 0 bridgehead atoms. The monoisotopic (exact) mass is 398 g/mol. The lowest BCUT2D eigenvalue weighted by Gasteiger charge is -2.22. The standard InChI is InChI=1S/C16H19FN4O3S2/c1-2-4-14-19-20-16(25-14)18-15(22)13-5-3-10-21(13)26(23,24)12-8-6-11(17)7-9-12/h6-9,13H,2-5,10H2,1H3,(H,18,20,22)/t13-/m1/s1. The van der Waals surface area contributed by atoms with E-state index in [2.05, 4.69) is 15.5 Å². The second-order valence-electron chi connectivity index (χ2n) is 5.97. The number of hydrogen-bond acceptors (Lipinski definition) is 6. The zero-order valence-electron chi connectivity index (χ0n) is 14.2. The van der Waals surface area contributed by atoms with Gasteiger partial charge in [0.2, 0.25) is 21.1 Å². The molecule has 0 aliphatic carbocycles. The summed E-state index contributed by atoms with van der Waals surface area (Å²) in [6, 6.07) is 3.78. The van der Waals surface area contributed by atoms with E-state index in [0.29, 0.717) is 18.0 Å². The number of amides is 1. The molecule has 10 heteroatoms. The molecule has 0 radical (unpaired) electrons. The normalized spacial score (nSPS) is 18.2. The molecular formula is C16H19FN4O3S2. The fraction of sp³-hybridized carbons (Fsp3) is 0.438. The summed E-state index contributed by atoms with van der Waals surface area (Å²) in [4.78, 5) is 12.6. The summed E-state index contributed by atoms with van der Waals surface area (Å²) in [6.45, 7) is 2.27. The van der Waals surface area contributed by atoms with Crippen LogP contribution in [-0.2, 0) is 21.2 Å². The number of carbonyl (C=O) groups is 1. The molecule has 1 aromatic heterocycles. The zero-order valence-corrected chi connectivity index (χ0v) is 15.8. The summed E-state index contributed by atoms with van der Waals surface area (Å²) < 4.78 is 39.8. The summed E-state index contributed by atoms with van der Waals surface area (Å²) in [5.74, 6) is -0.939. The van der Waals surface area contributed by atoms with Crippen molar-refractivity contribution in [1.29, 1.82) is 0 Å². The Balaban J connectivity index is 1.76. The Hall–Kier alpha value is -1.91. The molecule has 1 N–H and O–H groups in total. The molecule has 1 aliphatic rings. The molecular weight excluding hydrogens is 379 g/mol. The summed E-state index contributed by atoms with van der Waals surface area (Å²) in [5, 5.41) is 11.8. The molecule has 2 heterocycles. The number of benzene rings is 1. The maximum absolute atomic E-state index is 13.1. The number of carbonyl (C=O) groups excluding carboxylic acids is 1. The van der Waals surface area contributed by atoms with Crippen molar-refractivity contribution in [2.75, 3.05) is 11.9 Å². The molecule has 1 atom stereocenters. The van der Waals surface area contributed by atoms with Crippen LogP contribution in [0, 0.1) is 5.82 Å². The average Bonchev–Trinajstić information content (AvgIpc) is 3.25. The first-order chi connectivity index (χ1) is 12.4. The molecule has 7 nitrogen and oxygen atoms in total. The fourth-order valence-electron chi connectivity index (χ4n) is 2.84. The van der Waals surface area contributed by atoms with Crippen molar-refractivity contribution in [3.63, 3.8) is 0 Å². The quantitative estimate of drug-likeness (QED) is 0.807. The predicted octanol–water partition coefficient (Wildman–Crippen LogP) is 2.42. The molecule has 0 saturated carbocycles. The van der Waals surface area contributed by atoms with Crippen molar-refractivity contribution in [3.05, 3.63) is 35.1 Å². The Labute approximate surface area is 155 Å². The van der Waals surface area contributed by atoms with Gasteiger partial charge in [-0.2, -0.15) is 4.31 Å². The van der Waals surface area contributed by atoms with Crippen molar-refractivity contribution < 1.29 is 17.6 Å². The van der Waals surface area contributed by atoms with Gasteiger partial charge >= 0.3 is 0 Å². The van der Waals surface area contributed by atoms with E-state index in [1.165, 1.54) is 27.8 Å². The van der Waals surface area contributed by atoms with Crippen LogP contribution in [0.1, 0.15) is 31.2 Å². The number of hydrogen-bond donors (Lipinski definition) is 1. The molecule has 3 rings (SSSR count). The van der Waals surface area contributed by atoms with Crippen molar-refractivity contribution in [2.24, 2.45) is 0 Å². The largest absolute Gasteiger partial charge is 0.299 e. The fourth-order valence-corrected chi connectivity index (χ4v) is 5.34. The minimum Gasteiger partial charge on any atom is -0.299 e. The van der Waals surface area contributed by atoms with Crippen molar-refractivity contribution in [3.8, 4) is 0 Å². The van der Waals surface area contributed by atoms with Crippen LogP contribution >= 0.6 is 11.3 Å². The van der Waals surface area contributed by atoms with Gasteiger partial charge in [0.1, 0.15) is 16.9 Å². The third-order valence-electron chi connectivity index (χ3n) is 4.09. The van der Waals surface area contributed by atoms with Gasteiger partial charge in [0, 0.05) is 13.0 Å². The Morgan fingerprint density at radius 3 is 2.77 bits per heavy atom. The van der Waals surface area contributed by atoms with Crippen LogP contribution < -0.4 is 5.32 Å². The van der Waals surface area contributed by atoms with E-state index in [1.54, 1.807) is 0 Å². The van der Waals surface area contributed by atoms with Gasteiger partial charge < -0.3 is 0 Å². The topological polar surface area (TPSA) is 92.3 Å². The van der Waals surface area contributed by atoms with Crippen LogP contribution in [0.4, 0.5) is 9.52 Å². The first-order valence-corrected chi connectivity index (χ1v) is 10.6. The van der Waals surface area contributed by atoms with E-state index in [-0.39, 0.29) is 11.4 Å². The van der Waals surface area contributed by atoms with Crippen LogP contribution in [0.25, 0.3) is 0 Å². The maximum atomic E-state index is 13.1. The number of nitrogens with zero attached hydrogens (tertiary/aromatic N) is 3. The minimum absolute atomic E-state index is 0.0280. The van der Waals surface area contributed by atoms with Gasteiger partial charge in [0.25, 0.3) is 0 Å². The van der Waals surface area contributed by atoms with E-state index in [9.17, 15) is 17.6 Å². The van der Waals surface area contributed by atoms with Crippen molar-refractivity contribution in [1.82, 2.24) is 14.5 Å². The average molecular weight is 398 g/mol. The van der Waals surface area contributed by atoms with E-state index in [0.717, 1.165) is 30.0 Å². The van der Waals surface area contributed by atoms with Gasteiger partial charge in [-0.3, -0.25) is 10.1 Å². The number of rotatable bonds is 6. The number of halogens is 1. The van der Waals surface area contributed by atoms with E-state index >= 15 is 0 Å². The molecule has 0 spiro atoms. The third-order valence-corrected chi connectivity index (χ3v) is 6.91. The van der Waals surface area contributed by atoms with Crippen LogP contribution in [0.5, 0.6) is 0 Å². The second-order valence-corrected chi connectivity index (χ2v) is 8.92. The summed E-state index contributed by atoms with van der Waals surface area (Å²) in [5.41, 5.74) is 0. The number of anilines is 1. The molecule has 0 unspecified atom stereocenters. The lowest BCUT2D eigenvalue weighted by molar-refractivity contribution is -0.119. The highest BCUT2D eigenvalue weighted by Crippen LogP contribution is 2.27. The molecule has 1 amide bonds. The third kappa shape index (κ3) is 3.92.